The molecule has 3 aromatic rings. The summed E-state index contributed by atoms with van der Waals surface area (Å²) in [6, 6.07) is 17.8. The average molecular weight is 423 g/mol. The van der Waals surface area contributed by atoms with Gasteiger partial charge in [0.15, 0.2) is 11.5 Å². The van der Waals surface area contributed by atoms with Crippen LogP contribution < -0.4 is 24.8 Å². The predicted molar refractivity (Wildman–Crippen MR) is 125 cm³/mol. The maximum atomic E-state index is 12.8. The number of hydrogen-bond donors (Lipinski definition) is 2. The van der Waals surface area contributed by atoms with Gasteiger partial charge in [0, 0.05) is 29.7 Å². The van der Waals surface area contributed by atoms with Crippen LogP contribution >= 0.6 is 0 Å². The lowest BCUT2D eigenvalue weighted by molar-refractivity contribution is 0.0954. The van der Waals surface area contributed by atoms with E-state index in [1.807, 2.05) is 45.0 Å². The minimum absolute atomic E-state index is 0.190. The first-order valence-corrected chi connectivity index (χ1v) is 10.7. The molecule has 6 heteroatoms. The molecule has 0 fully saturated rings. The molecule has 0 unspecified atom stereocenters. The highest BCUT2D eigenvalue weighted by molar-refractivity contribution is 5.96. The van der Waals surface area contributed by atoms with Crippen molar-refractivity contribution in [2.45, 2.75) is 20.8 Å². The van der Waals surface area contributed by atoms with Gasteiger partial charge >= 0.3 is 0 Å². The molecule has 0 radical (unpaired) electrons. The predicted octanol–water partition coefficient (Wildman–Crippen LogP) is 4.88. The number of ether oxygens (including phenoxy) is 3. The van der Waals surface area contributed by atoms with Crippen LogP contribution in [0.1, 0.15) is 31.1 Å². The number of hydrogen-bond acceptors (Lipinski definition) is 5. The Bertz CT molecular complexity index is 987. The topological polar surface area (TPSA) is 68.8 Å². The lowest BCUT2D eigenvalue weighted by Crippen LogP contribution is -2.28. The maximum Gasteiger partial charge on any atom is 0.251 e. The van der Waals surface area contributed by atoms with Crippen molar-refractivity contribution in [2.75, 3.05) is 38.2 Å². The fourth-order valence-electron chi connectivity index (χ4n) is 3.37. The molecule has 0 bridgehead atoms. The molecule has 0 spiro atoms. The monoisotopic (exact) mass is 422 g/mol. The third-order valence-corrected chi connectivity index (χ3v) is 4.69. The fourth-order valence-corrected chi connectivity index (χ4v) is 3.37. The first-order valence-electron chi connectivity index (χ1n) is 10.7. The summed E-state index contributed by atoms with van der Waals surface area (Å²) in [5.41, 5.74) is 1.52. The Morgan fingerprint density at radius 3 is 2.13 bits per heavy atom. The number of benzene rings is 3. The molecule has 0 saturated heterocycles. The Morgan fingerprint density at radius 1 is 0.806 bits per heavy atom. The van der Waals surface area contributed by atoms with Gasteiger partial charge in [-0.05, 0) is 44.4 Å². The Hall–Kier alpha value is -3.41. The molecule has 0 aliphatic heterocycles. The van der Waals surface area contributed by atoms with Crippen LogP contribution in [0.2, 0.25) is 0 Å². The van der Waals surface area contributed by atoms with E-state index in [1.165, 1.54) is 5.39 Å². The van der Waals surface area contributed by atoms with Crippen molar-refractivity contribution < 1.29 is 19.0 Å². The van der Waals surface area contributed by atoms with Crippen LogP contribution in [0.25, 0.3) is 10.8 Å². The van der Waals surface area contributed by atoms with Crippen LogP contribution in [0, 0.1) is 0 Å². The second-order valence-corrected chi connectivity index (χ2v) is 6.81. The van der Waals surface area contributed by atoms with E-state index in [0.717, 1.165) is 11.1 Å². The minimum Gasteiger partial charge on any atom is -0.490 e. The Labute approximate surface area is 183 Å². The van der Waals surface area contributed by atoms with Crippen molar-refractivity contribution in [2.24, 2.45) is 0 Å². The van der Waals surface area contributed by atoms with Crippen LogP contribution in [0.4, 0.5) is 5.69 Å². The summed E-state index contributed by atoms with van der Waals surface area (Å²) in [5.74, 6) is 1.36. The molecular formula is C25H30N2O4. The molecule has 0 saturated carbocycles. The Balaban J connectivity index is 1.66. The minimum atomic E-state index is -0.190. The highest BCUT2D eigenvalue weighted by Gasteiger charge is 2.18. The quantitative estimate of drug-likeness (QED) is 0.431. The summed E-state index contributed by atoms with van der Waals surface area (Å²) in [4.78, 5) is 12.8. The Kier molecular flexibility index (Phi) is 7.98. The number of carbonyl (C=O) groups is 1. The van der Waals surface area contributed by atoms with Crippen molar-refractivity contribution in [3.05, 3.63) is 60.2 Å². The lowest BCUT2D eigenvalue weighted by Gasteiger charge is -2.17. The number of amides is 1. The van der Waals surface area contributed by atoms with E-state index in [0.29, 0.717) is 55.7 Å². The van der Waals surface area contributed by atoms with E-state index in [4.69, 9.17) is 14.2 Å². The molecule has 0 aliphatic rings. The summed E-state index contributed by atoms with van der Waals surface area (Å²) >= 11 is 0. The van der Waals surface area contributed by atoms with Crippen molar-refractivity contribution in [3.63, 3.8) is 0 Å². The van der Waals surface area contributed by atoms with Gasteiger partial charge in [0.2, 0.25) is 5.75 Å². The highest BCUT2D eigenvalue weighted by Crippen LogP contribution is 2.39. The van der Waals surface area contributed by atoms with Gasteiger partial charge in [-0.3, -0.25) is 4.79 Å². The van der Waals surface area contributed by atoms with E-state index in [2.05, 4.69) is 28.8 Å². The number of anilines is 1. The average Bonchev–Trinajstić information content (AvgIpc) is 2.79. The van der Waals surface area contributed by atoms with Gasteiger partial charge in [0.25, 0.3) is 5.91 Å². The third-order valence-electron chi connectivity index (χ3n) is 4.69. The largest absolute Gasteiger partial charge is 0.490 e. The molecule has 2 N–H and O–H groups in total. The zero-order valence-electron chi connectivity index (χ0n) is 18.4. The number of nitrogens with one attached hydrogen (secondary N) is 2. The fraction of sp³-hybridized carbons (Fsp3) is 0.320. The van der Waals surface area contributed by atoms with Gasteiger partial charge in [-0.15, -0.1) is 0 Å². The van der Waals surface area contributed by atoms with Crippen molar-refractivity contribution in [3.8, 4) is 17.2 Å². The van der Waals surface area contributed by atoms with E-state index >= 15 is 0 Å². The van der Waals surface area contributed by atoms with Gasteiger partial charge in [-0.1, -0.05) is 36.4 Å². The van der Waals surface area contributed by atoms with Crippen LogP contribution in [-0.4, -0.2) is 38.8 Å². The van der Waals surface area contributed by atoms with Crippen LogP contribution in [0.3, 0.4) is 0 Å². The molecule has 164 valence electrons. The third kappa shape index (κ3) is 5.60. The smallest absolute Gasteiger partial charge is 0.251 e. The van der Waals surface area contributed by atoms with E-state index in [-0.39, 0.29) is 5.91 Å². The van der Waals surface area contributed by atoms with Crippen LogP contribution in [-0.2, 0) is 0 Å². The zero-order valence-corrected chi connectivity index (χ0v) is 18.4. The molecule has 3 rings (SSSR count). The first kappa shape index (κ1) is 22.3. The van der Waals surface area contributed by atoms with Crippen molar-refractivity contribution >= 4 is 22.4 Å². The molecule has 6 nitrogen and oxygen atoms in total. The molecule has 0 heterocycles. The first-order chi connectivity index (χ1) is 15.2. The van der Waals surface area contributed by atoms with E-state index in [9.17, 15) is 4.79 Å². The van der Waals surface area contributed by atoms with E-state index in [1.54, 1.807) is 12.1 Å². The second-order valence-electron chi connectivity index (χ2n) is 6.81. The summed E-state index contributed by atoms with van der Waals surface area (Å²) < 4.78 is 17.1. The van der Waals surface area contributed by atoms with Gasteiger partial charge < -0.3 is 24.8 Å². The maximum absolute atomic E-state index is 12.8. The SMILES string of the molecule is CCOc1cc(C(=O)NCCNc2cccc3ccccc23)cc(OCC)c1OCC. The number of rotatable bonds is 11. The summed E-state index contributed by atoms with van der Waals surface area (Å²) in [5, 5.41) is 8.69. The van der Waals surface area contributed by atoms with Gasteiger partial charge in [-0.25, -0.2) is 0 Å². The highest BCUT2D eigenvalue weighted by atomic mass is 16.5. The van der Waals surface area contributed by atoms with E-state index < -0.39 is 0 Å². The molecule has 0 aliphatic carbocycles. The molecule has 0 aromatic heterocycles. The Morgan fingerprint density at radius 2 is 1.45 bits per heavy atom. The zero-order chi connectivity index (χ0) is 22.1. The molecule has 0 atom stereocenters. The molecule has 1 amide bonds. The number of fused-ring (bicyclic) bond motifs is 1. The molecular weight excluding hydrogens is 392 g/mol. The molecule has 3 aromatic carbocycles. The van der Waals surface area contributed by atoms with Gasteiger partial charge in [0.05, 0.1) is 19.8 Å². The van der Waals surface area contributed by atoms with Gasteiger partial charge in [-0.2, -0.15) is 0 Å². The second kappa shape index (κ2) is 11.1. The molecule has 31 heavy (non-hydrogen) atoms. The summed E-state index contributed by atoms with van der Waals surface area (Å²) in [6.07, 6.45) is 0. The number of carbonyl (C=O) groups excluding carboxylic acids is 1. The van der Waals surface area contributed by atoms with Crippen molar-refractivity contribution in [1.29, 1.82) is 0 Å². The van der Waals surface area contributed by atoms with Crippen LogP contribution in [0.15, 0.2) is 54.6 Å². The van der Waals surface area contributed by atoms with Crippen molar-refractivity contribution in [1.82, 2.24) is 5.32 Å². The normalized spacial score (nSPS) is 10.5. The lowest BCUT2D eigenvalue weighted by atomic mass is 10.1. The van der Waals surface area contributed by atoms with Gasteiger partial charge in [0.1, 0.15) is 0 Å². The summed E-state index contributed by atoms with van der Waals surface area (Å²) in [7, 11) is 0. The van der Waals surface area contributed by atoms with Crippen LogP contribution in [0.5, 0.6) is 17.2 Å². The summed E-state index contributed by atoms with van der Waals surface area (Å²) in [6.45, 7) is 8.16. The standard InChI is InChI=1S/C25H30N2O4/c1-4-29-22-16-19(17-23(30-5-2)24(22)31-6-3)25(28)27-15-14-26-21-13-9-11-18-10-7-8-12-20(18)21/h7-13,16-17,26H,4-6,14-15H2,1-3H3,(H,27,28).